The van der Waals surface area contributed by atoms with Crippen LogP contribution in [0.15, 0.2) is 23.3 Å². The highest BCUT2D eigenvalue weighted by Crippen LogP contribution is 2.36. The van der Waals surface area contributed by atoms with Gasteiger partial charge in [0.25, 0.3) is 5.91 Å². The van der Waals surface area contributed by atoms with Crippen molar-refractivity contribution < 1.29 is 9.53 Å². The van der Waals surface area contributed by atoms with Crippen LogP contribution in [0.2, 0.25) is 0 Å². The van der Waals surface area contributed by atoms with Gasteiger partial charge in [-0.1, -0.05) is 0 Å². The summed E-state index contributed by atoms with van der Waals surface area (Å²) in [5.41, 5.74) is 4.40. The molecular formula is C13H16N4O2. The smallest absolute Gasteiger partial charge is 0.262 e. The van der Waals surface area contributed by atoms with Crippen LogP contribution >= 0.6 is 0 Å². The molecule has 2 aliphatic heterocycles. The third-order valence-electron chi connectivity index (χ3n) is 3.30. The molecule has 100 valence electrons. The van der Waals surface area contributed by atoms with Gasteiger partial charge in [0.15, 0.2) is 5.84 Å². The number of carbonyl (C=O) groups excluding carboxylic acids is 1. The molecule has 6 heteroatoms. The summed E-state index contributed by atoms with van der Waals surface area (Å²) in [6.07, 6.45) is 0. The Labute approximate surface area is 111 Å². The van der Waals surface area contributed by atoms with Crippen molar-refractivity contribution in [2.75, 3.05) is 23.4 Å². The lowest BCUT2D eigenvalue weighted by Gasteiger charge is -2.38. The average molecular weight is 260 g/mol. The number of carbonyl (C=O) groups is 1. The molecule has 1 amide bonds. The van der Waals surface area contributed by atoms with Gasteiger partial charge < -0.3 is 15.0 Å². The van der Waals surface area contributed by atoms with Crippen molar-refractivity contribution in [2.45, 2.75) is 19.9 Å². The number of fused-ring (bicyclic) bond motifs is 3. The number of nitrogens with zero attached hydrogens (tertiary/aromatic N) is 2. The van der Waals surface area contributed by atoms with Gasteiger partial charge in [-0.3, -0.25) is 4.79 Å². The first kappa shape index (κ1) is 11.8. The van der Waals surface area contributed by atoms with Gasteiger partial charge in [0.05, 0.1) is 5.69 Å². The lowest BCUT2D eigenvalue weighted by atomic mass is 10.1. The van der Waals surface area contributed by atoms with Crippen LogP contribution in [0.3, 0.4) is 0 Å². The highest BCUT2D eigenvalue weighted by Gasteiger charge is 2.35. The topological polar surface area (TPSA) is 66.0 Å². The van der Waals surface area contributed by atoms with Crippen LogP contribution in [0.1, 0.15) is 13.8 Å². The summed E-state index contributed by atoms with van der Waals surface area (Å²) in [6.45, 7) is 5.12. The monoisotopic (exact) mass is 260 g/mol. The van der Waals surface area contributed by atoms with Crippen molar-refractivity contribution in [3.8, 4) is 5.75 Å². The number of anilines is 2. The summed E-state index contributed by atoms with van der Waals surface area (Å²) in [4.78, 5) is 13.7. The van der Waals surface area contributed by atoms with E-state index in [2.05, 4.69) is 15.8 Å². The number of ether oxygens (including phenoxy) is 1. The Hall–Kier alpha value is -2.24. The van der Waals surface area contributed by atoms with E-state index in [1.165, 1.54) is 0 Å². The summed E-state index contributed by atoms with van der Waals surface area (Å²) in [5, 5.41) is 7.31. The Morgan fingerprint density at radius 2 is 2.42 bits per heavy atom. The lowest BCUT2D eigenvalue weighted by molar-refractivity contribution is -0.122. The fourth-order valence-electron chi connectivity index (χ4n) is 2.34. The standard InChI is InChI=1S/C13H16N4O2/c1-3-14-9-4-5-11-10(6-9)17-8(2)13(18)16-15-12(17)7-19-11/h4-6,8,14H,3,7H2,1-2H3,(H,16,18). The maximum atomic E-state index is 11.8. The third kappa shape index (κ3) is 1.89. The molecule has 0 saturated heterocycles. The van der Waals surface area contributed by atoms with Gasteiger partial charge in [-0.15, -0.1) is 0 Å². The molecule has 0 aliphatic carbocycles. The summed E-state index contributed by atoms with van der Waals surface area (Å²) >= 11 is 0. The number of amides is 1. The summed E-state index contributed by atoms with van der Waals surface area (Å²) in [5.74, 6) is 1.40. The summed E-state index contributed by atoms with van der Waals surface area (Å²) in [7, 11) is 0. The van der Waals surface area contributed by atoms with Crippen molar-refractivity contribution in [2.24, 2.45) is 5.10 Å². The van der Waals surface area contributed by atoms with E-state index in [0.29, 0.717) is 6.61 Å². The second kappa shape index (κ2) is 4.46. The SMILES string of the molecule is CCNc1ccc2c(c1)N1C(=NNC(=O)C1C)CO2. The van der Waals surface area contributed by atoms with Crippen molar-refractivity contribution in [1.82, 2.24) is 5.43 Å². The zero-order valence-corrected chi connectivity index (χ0v) is 10.9. The number of amidine groups is 1. The van der Waals surface area contributed by atoms with Crippen LogP contribution in [0, 0.1) is 0 Å². The van der Waals surface area contributed by atoms with Gasteiger partial charge in [-0.25, -0.2) is 5.43 Å². The fraction of sp³-hybridized carbons (Fsp3) is 0.385. The second-order valence-electron chi connectivity index (χ2n) is 4.55. The molecule has 1 aromatic carbocycles. The van der Waals surface area contributed by atoms with Gasteiger partial charge in [-0.05, 0) is 32.0 Å². The molecular weight excluding hydrogens is 244 g/mol. The Bertz CT molecular complexity index is 556. The van der Waals surface area contributed by atoms with Gasteiger partial charge >= 0.3 is 0 Å². The molecule has 0 aromatic heterocycles. The molecule has 19 heavy (non-hydrogen) atoms. The summed E-state index contributed by atoms with van der Waals surface area (Å²) < 4.78 is 5.66. The molecule has 1 atom stereocenters. The van der Waals surface area contributed by atoms with E-state index in [4.69, 9.17) is 4.74 Å². The molecule has 0 bridgehead atoms. The van der Waals surface area contributed by atoms with E-state index in [1.807, 2.05) is 36.9 Å². The first-order valence-corrected chi connectivity index (χ1v) is 6.37. The normalized spacial score (nSPS) is 20.7. The average Bonchev–Trinajstić information content (AvgIpc) is 2.42. The molecule has 0 fully saturated rings. The largest absolute Gasteiger partial charge is 0.483 e. The van der Waals surface area contributed by atoms with Crippen LogP contribution in [-0.4, -0.2) is 30.9 Å². The van der Waals surface area contributed by atoms with E-state index in [0.717, 1.165) is 29.5 Å². The maximum Gasteiger partial charge on any atom is 0.262 e. The molecule has 6 nitrogen and oxygen atoms in total. The second-order valence-corrected chi connectivity index (χ2v) is 4.55. The lowest BCUT2D eigenvalue weighted by Crippen LogP contribution is -2.55. The quantitative estimate of drug-likeness (QED) is 0.837. The molecule has 0 saturated carbocycles. The molecule has 3 rings (SSSR count). The molecule has 0 radical (unpaired) electrons. The van der Waals surface area contributed by atoms with Crippen molar-refractivity contribution >= 4 is 23.1 Å². The third-order valence-corrected chi connectivity index (χ3v) is 3.30. The van der Waals surface area contributed by atoms with Gasteiger partial charge in [-0.2, -0.15) is 5.10 Å². The van der Waals surface area contributed by atoms with Crippen LogP contribution in [0.4, 0.5) is 11.4 Å². The number of rotatable bonds is 2. The van der Waals surface area contributed by atoms with Crippen LogP contribution < -0.4 is 20.4 Å². The predicted octanol–water partition coefficient (Wildman–Crippen LogP) is 1.15. The van der Waals surface area contributed by atoms with E-state index in [1.54, 1.807) is 0 Å². The minimum atomic E-state index is -0.285. The molecule has 1 aromatic rings. The van der Waals surface area contributed by atoms with Crippen LogP contribution in [0.25, 0.3) is 0 Å². The number of benzene rings is 1. The molecule has 0 spiro atoms. The predicted molar refractivity (Wildman–Crippen MR) is 73.6 cm³/mol. The van der Waals surface area contributed by atoms with Gasteiger partial charge in [0.1, 0.15) is 18.4 Å². The maximum absolute atomic E-state index is 11.8. The number of hydrazone groups is 1. The van der Waals surface area contributed by atoms with Crippen molar-refractivity contribution in [1.29, 1.82) is 0 Å². The minimum Gasteiger partial charge on any atom is -0.483 e. The highest BCUT2D eigenvalue weighted by atomic mass is 16.5. The van der Waals surface area contributed by atoms with Crippen molar-refractivity contribution in [3.63, 3.8) is 0 Å². The first-order valence-electron chi connectivity index (χ1n) is 6.37. The number of nitrogens with one attached hydrogen (secondary N) is 2. The molecule has 2 N–H and O–H groups in total. The highest BCUT2D eigenvalue weighted by molar-refractivity contribution is 6.09. The van der Waals surface area contributed by atoms with E-state index in [9.17, 15) is 4.79 Å². The summed E-state index contributed by atoms with van der Waals surface area (Å²) in [6, 6.07) is 5.59. The Kier molecular flexibility index (Phi) is 2.77. The van der Waals surface area contributed by atoms with Gasteiger partial charge in [0, 0.05) is 12.2 Å². The van der Waals surface area contributed by atoms with Gasteiger partial charge in [0.2, 0.25) is 0 Å². The molecule has 2 aliphatic rings. The van der Waals surface area contributed by atoms with E-state index >= 15 is 0 Å². The van der Waals surface area contributed by atoms with E-state index < -0.39 is 0 Å². The molecule has 1 unspecified atom stereocenters. The van der Waals surface area contributed by atoms with Crippen LogP contribution in [-0.2, 0) is 4.79 Å². The zero-order valence-electron chi connectivity index (χ0n) is 10.9. The zero-order chi connectivity index (χ0) is 13.4. The number of hydrogen-bond acceptors (Lipinski definition) is 5. The Morgan fingerprint density at radius 3 is 3.21 bits per heavy atom. The van der Waals surface area contributed by atoms with Crippen LogP contribution in [0.5, 0.6) is 5.75 Å². The first-order chi connectivity index (χ1) is 9.20. The van der Waals surface area contributed by atoms with E-state index in [-0.39, 0.29) is 11.9 Å². The minimum absolute atomic E-state index is 0.106. The Balaban J connectivity index is 2.05. The fourth-order valence-corrected chi connectivity index (χ4v) is 2.34. The van der Waals surface area contributed by atoms with Crippen molar-refractivity contribution in [3.05, 3.63) is 18.2 Å². The molecule has 2 heterocycles. The Morgan fingerprint density at radius 1 is 1.58 bits per heavy atom. The number of hydrogen-bond donors (Lipinski definition) is 2.